The summed E-state index contributed by atoms with van der Waals surface area (Å²) in [7, 11) is 1.78. The number of hydrazine groups is 1. The van der Waals surface area contributed by atoms with Crippen molar-refractivity contribution in [2.75, 3.05) is 31.0 Å². The molecule has 2 unspecified atom stereocenters. The zero-order valence-corrected chi connectivity index (χ0v) is 21.5. The van der Waals surface area contributed by atoms with Crippen LogP contribution in [0.1, 0.15) is 12.0 Å². The Bertz CT molecular complexity index is 1170. The summed E-state index contributed by atoms with van der Waals surface area (Å²) in [5.74, 6) is -0.588. The number of nitrogens with two attached hydrogens (primary N) is 1. The Hall–Kier alpha value is -4.01. The van der Waals surface area contributed by atoms with E-state index in [4.69, 9.17) is 37.6 Å². The predicted octanol–water partition coefficient (Wildman–Crippen LogP) is -1.73. The average molecular weight is 545 g/mol. The lowest BCUT2D eigenvalue weighted by molar-refractivity contribution is -0.149. The number of rotatable bonds is 11. The van der Waals surface area contributed by atoms with Gasteiger partial charge in [0.1, 0.15) is 31.7 Å². The highest BCUT2D eigenvalue weighted by atomic mass is 35.5. The smallest absolute Gasteiger partial charge is 0.257 e. The van der Waals surface area contributed by atoms with Crippen LogP contribution in [0, 0.1) is 10.8 Å². The minimum atomic E-state index is -1.02. The average Bonchev–Trinajstić information content (AvgIpc) is 2.88. The van der Waals surface area contributed by atoms with E-state index in [2.05, 4.69) is 21.5 Å². The van der Waals surface area contributed by atoms with Gasteiger partial charge in [0.05, 0.1) is 37.8 Å². The Labute approximate surface area is 225 Å². The number of allylic oxidation sites excluding steroid dienone is 1. The fourth-order valence-electron chi connectivity index (χ4n) is 3.61. The second-order valence-corrected chi connectivity index (χ2v) is 8.67. The molecule has 0 radical (unpaired) electrons. The van der Waals surface area contributed by atoms with Crippen molar-refractivity contribution in [1.82, 2.24) is 21.1 Å². The number of benzene rings is 1. The van der Waals surface area contributed by atoms with Crippen molar-refractivity contribution in [3.8, 4) is 0 Å². The van der Waals surface area contributed by atoms with E-state index in [1.807, 2.05) is 0 Å². The highest BCUT2D eigenvalue weighted by molar-refractivity contribution is 6.37. The number of nitrogens with zero attached hydrogens (tertiary/aromatic N) is 1. The maximum Gasteiger partial charge on any atom is 0.257 e. The van der Waals surface area contributed by atoms with Crippen LogP contribution in [-0.4, -0.2) is 79.2 Å². The van der Waals surface area contributed by atoms with Gasteiger partial charge in [-0.05, 0) is 24.3 Å². The van der Waals surface area contributed by atoms with E-state index in [9.17, 15) is 14.7 Å². The van der Waals surface area contributed by atoms with Crippen molar-refractivity contribution in [3.63, 3.8) is 0 Å². The Morgan fingerprint density at radius 1 is 1.45 bits per heavy atom. The van der Waals surface area contributed by atoms with E-state index >= 15 is 0 Å². The normalized spacial score (nSPS) is 18.0. The molecule has 3 rings (SSSR count). The highest BCUT2D eigenvalue weighted by Crippen LogP contribution is 2.14. The Balaban J connectivity index is 1.53. The van der Waals surface area contributed by atoms with E-state index in [0.29, 0.717) is 22.8 Å². The van der Waals surface area contributed by atoms with Gasteiger partial charge in [0, 0.05) is 29.7 Å². The second kappa shape index (κ2) is 13.5. The molecule has 1 aromatic rings. The van der Waals surface area contributed by atoms with Crippen LogP contribution in [0.15, 0.2) is 54.3 Å². The van der Waals surface area contributed by atoms with Crippen LogP contribution in [0.25, 0.3) is 0 Å². The number of carbonyl (C=O) groups excluding carboxylic acids is 2. The fourth-order valence-corrected chi connectivity index (χ4v) is 3.77. The molecule has 1 fully saturated rings. The number of carbonyl (C=O) groups is 2. The third-order valence-corrected chi connectivity index (χ3v) is 5.85. The van der Waals surface area contributed by atoms with Crippen molar-refractivity contribution < 1.29 is 24.2 Å². The summed E-state index contributed by atoms with van der Waals surface area (Å²) >= 11 is 5.72. The van der Waals surface area contributed by atoms with Gasteiger partial charge < -0.3 is 36.4 Å². The van der Waals surface area contributed by atoms with Crippen molar-refractivity contribution in [1.29, 1.82) is 10.8 Å². The van der Waals surface area contributed by atoms with Gasteiger partial charge in [0.25, 0.3) is 5.91 Å². The number of hydrogen-bond donors (Lipinski definition) is 8. The van der Waals surface area contributed by atoms with Gasteiger partial charge in [-0.25, -0.2) is 0 Å². The molecule has 0 bridgehead atoms. The summed E-state index contributed by atoms with van der Waals surface area (Å²) in [5.41, 5.74) is 13.5. The number of hydrogen-bond acceptors (Lipinski definition) is 10. The van der Waals surface area contributed by atoms with Gasteiger partial charge in [0.2, 0.25) is 11.8 Å². The molecule has 38 heavy (non-hydrogen) atoms. The number of aliphatic hydroxyl groups excluding tert-OH is 1. The number of aliphatic hydroxyl groups is 1. The van der Waals surface area contributed by atoms with Crippen molar-refractivity contribution in [2.45, 2.75) is 18.6 Å². The summed E-state index contributed by atoms with van der Waals surface area (Å²) < 4.78 is 11.0. The first kappa shape index (κ1) is 28.6. The molecule has 2 aliphatic rings. The first-order chi connectivity index (χ1) is 18.2. The molecule has 0 aliphatic carbocycles. The Morgan fingerprint density at radius 3 is 2.92 bits per heavy atom. The lowest BCUT2D eigenvalue weighted by Crippen LogP contribution is -2.50. The Morgan fingerprint density at radius 2 is 2.24 bits per heavy atom. The number of amides is 2. The summed E-state index contributed by atoms with van der Waals surface area (Å²) in [5, 5.41) is 30.8. The third kappa shape index (κ3) is 7.75. The molecule has 202 valence electrons. The van der Waals surface area contributed by atoms with Crippen LogP contribution in [0.2, 0.25) is 0 Å². The number of morpholine rings is 1. The molecule has 13 nitrogen and oxygen atoms in total. The van der Waals surface area contributed by atoms with E-state index in [0.717, 1.165) is 5.46 Å². The van der Waals surface area contributed by atoms with Crippen LogP contribution in [0.3, 0.4) is 0 Å². The summed E-state index contributed by atoms with van der Waals surface area (Å²) in [4.78, 5) is 26.7. The molecule has 0 saturated carbocycles. The molecule has 15 heteroatoms. The van der Waals surface area contributed by atoms with Gasteiger partial charge in [-0.2, -0.15) is 0 Å². The molecule has 0 spiro atoms. The maximum atomic E-state index is 12.9. The number of nitrogen functional groups attached to an aromatic ring is 1. The minimum absolute atomic E-state index is 0.0637. The Kier molecular flexibility index (Phi) is 10.2. The number of halogens is 1. The number of nitrogens with one attached hydrogen (secondary N) is 6. The van der Waals surface area contributed by atoms with Gasteiger partial charge in [-0.1, -0.05) is 5.46 Å². The first-order valence-electron chi connectivity index (χ1n) is 11.7. The molecule has 9 N–H and O–H groups in total. The number of alkyl halides is 1. The van der Waals surface area contributed by atoms with Crippen LogP contribution >= 0.6 is 11.6 Å². The van der Waals surface area contributed by atoms with E-state index in [1.165, 1.54) is 17.2 Å². The van der Waals surface area contributed by atoms with Gasteiger partial charge in [-0.3, -0.25) is 30.7 Å². The second-order valence-electron chi connectivity index (χ2n) is 8.36. The van der Waals surface area contributed by atoms with Gasteiger partial charge >= 0.3 is 0 Å². The quantitative estimate of drug-likeness (QED) is 0.0690. The molecule has 2 aliphatic heterocycles. The summed E-state index contributed by atoms with van der Waals surface area (Å²) in [6.45, 7) is 0.117. The predicted molar refractivity (Wildman–Crippen MR) is 145 cm³/mol. The van der Waals surface area contributed by atoms with E-state index in [-0.39, 0.29) is 43.7 Å². The van der Waals surface area contributed by atoms with Crippen LogP contribution in [-0.2, 0) is 19.1 Å². The monoisotopic (exact) mass is 544 g/mol. The zero-order valence-electron chi connectivity index (χ0n) is 20.7. The summed E-state index contributed by atoms with van der Waals surface area (Å²) in [6.07, 6.45) is 4.32. The summed E-state index contributed by atoms with van der Waals surface area (Å²) in [6, 6.07) is 4.97. The van der Waals surface area contributed by atoms with Crippen LogP contribution < -0.4 is 32.7 Å². The fraction of sp³-hybridized carbons (Fsp3) is 0.304. The molecule has 2 atom stereocenters. The van der Waals surface area contributed by atoms with Gasteiger partial charge in [0.15, 0.2) is 0 Å². The SMILES string of the molecule is Bc1cc(NC(=O)CC2OCCN(C(=N)/C=C\NC3=CNNC(OC(CO)CCl)=C3)C2=O)ccc1C(=N)N. The van der Waals surface area contributed by atoms with E-state index in [1.54, 1.807) is 38.3 Å². The minimum Gasteiger partial charge on any atom is -0.471 e. The molecular weight excluding hydrogens is 515 g/mol. The number of anilines is 1. The third-order valence-electron chi connectivity index (χ3n) is 5.51. The highest BCUT2D eigenvalue weighted by Gasteiger charge is 2.33. The maximum absolute atomic E-state index is 12.9. The molecule has 1 aromatic carbocycles. The zero-order chi connectivity index (χ0) is 27.7. The number of amidine groups is 2. The standard InChI is InChI=1S/C23H30BClN8O5/c24-17-7-13(1-2-16(17)22(27)28)31-20(35)9-18-23(36)33(5-6-37-18)19(26)3-4-29-14-8-21(32-30-11-14)38-15(10-25)12-34/h1-4,7-8,11,15,18,26,29-30,32,34H,5-6,9-10,12,24H2,(H3,27,28)(H,31,35)/b4-3-,26-19?. The van der Waals surface area contributed by atoms with E-state index < -0.39 is 24.0 Å². The molecule has 2 heterocycles. The lowest BCUT2D eigenvalue weighted by Gasteiger charge is -2.31. The molecule has 2 amide bonds. The van der Waals surface area contributed by atoms with Crippen molar-refractivity contribution in [2.24, 2.45) is 5.73 Å². The molecule has 0 aromatic heterocycles. The lowest BCUT2D eigenvalue weighted by atomic mass is 9.89. The van der Waals surface area contributed by atoms with Crippen LogP contribution in [0.4, 0.5) is 5.69 Å². The first-order valence-corrected chi connectivity index (χ1v) is 12.2. The molecule has 1 saturated heterocycles. The van der Waals surface area contributed by atoms with Crippen LogP contribution in [0.5, 0.6) is 0 Å². The van der Waals surface area contributed by atoms with Crippen molar-refractivity contribution in [3.05, 3.63) is 59.9 Å². The largest absolute Gasteiger partial charge is 0.471 e. The van der Waals surface area contributed by atoms with Crippen molar-refractivity contribution >= 4 is 54.1 Å². The van der Waals surface area contributed by atoms with Gasteiger partial charge in [-0.15, -0.1) is 11.6 Å². The molecular formula is C23H30BClN8O5. The topological polar surface area (TPSA) is 198 Å². The number of ether oxygens (including phenoxy) is 2.